The lowest BCUT2D eigenvalue weighted by Crippen LogP contribution is -2.58. The highest BCUT2D eigenvalue weighted by Gasteiger charge is 2.31. The molecule has 0 saturated heterocycles. The van der Waals surface area contributed by atoms with Crippen molar-refractivity contribution in [3.63, 3.8) is 0 Å². The minimum atomic E-state index is -1.57. The van der Waals surface area contributed by atoms with Crippen LogP contribution in [0.5, 0.6) is 0 Å². The Morgan fingerprint density at radius 1 is 0.780 bits per heavy atom. The highest BCUT2D eigenvalue weighted by atomic mass is 16.4. The van der Waals surface area contributed by atoms with Crippen molar-refractivity contribution < 1.29 is 43.8 Å². The van der Waals surface area contributed by atoms with Gasteiger partial charge in [-0.1, -0.05) is 18.2 Å². The molecular weight excluding hydrogens is 542 g/mol. The predicted molar refractivity (Wildman–Crippen MR) is 143 cm³/mol. The van der Waals surface area contributed by atoms with E-state index in [0.717, 1.165) is 10.9 Å². The van der Waals surface area contributed by atoms with Crippen LogP contribution in [0.4, 0.5) is 0 Å². The summed E-state index contributed by atoms with van der Waals surface area (Å²) in [6, 6.07) is 1.29. The van der Waals surface area contributed by atoms with E-state index in [2.05, 4.69) is 20.9 Å². The highest BCUT2D eigenvalue weighted by Crippen LogP contribution is 2.19. The fraction of sp³-hybridized carbons (Fsp3) is 0.400. The molecular formula is C25H33N7O9. The summed E-state index contributed by atoms with van der Waals surface area (Å²) in [6.45, 7) is 0. The van der Waals surface area contributed by atoms with Crippen LogP contribution >= 0.6 is 0 Å². The summed E-state index contributed by atoms with van der Waals surface area (Å²) < 4.78 is 0. The Labute approximate surface area is 233 Å². The van der Waals surface area contributed by atoms with Crippen LogP contribution < -0.4 is 33.2 Å². The third-order valence-electron chi connectivity index (χ3n) is 6.06. The average molecular weight is 576 g/mol. The van der Waals surface area contributed by atoms with E-state index in [0.29, 0.717) is 5.56 Å². The number of hydrogen-bond donors (Lipinski definition) is 9. The van der Waals surface area contributed by atoms with Gasteiger partial charge in [-0.3, -0.25) is 28.8 Å². The van der Waals surface area contributed by atoms with Crippen LogP contribution in [0, 0.1) is 0 Å². The molecule has 0 bridgehead atoms. The summed E-state index contributed by atoms with van der Waals surface area (Å²) in [7, 11) is 0. The zero-order valence-electron chi connectivity index (χ0n) is 21.9. The van der Waals surface area contributed by atoms with Gasteiger partial charge in [0.05, 0.1) is 12.5 Å². The molecule has 16 nitrogen and oxygen atoms in total. The van der Waals surface area contributed by atoms with Gasteiger partial charge in [0.25, 0.3) is 0 Å². The second-order valence-corrected chi connectivity index (χ2v) is 9.30. The number of rotatable bonds is 17. The van der Waals surface area contributed by atoms with E-state index < -0.39 is 84.9 Å². The van der Waals surface area contributed by atoms with Crippen molar-refractivity contribution in [3.05, 3.63) is 36.0 Å². The lowest BCUT2D eigenvalue weighted by atomic mass is 10.0. The molecule has 2 rings (SSSR count). The Morgan fingerprint density at radius 2 is 1.37 bits per heavy atom. The van der Waals surface area contributed by atoms with Crippen molar-refractivity contribution >= 4 is 52.4 Å². The van der Waals surface area contributed by atoms with Gasteiger partial charge in [0, 0.05) is 36.4 Å². The van der Waals surface area contributed by atoms with E-state index in [9.17, 15) is 38.7 Å². The number of nitrogens with one attached hydrogen (secondary N) is 4. The van der Waals surface area contributed by atoms with Crippen molar-refractivity contribution in [1.82, 2.24) is 20.9 Å². The number of nitrogens with two attached hydrogens (primary N) is 3. The lowest BCUT2D eigenvalue weighted by Gasteiger charge is -2.25. The normalized spacial score (nSPS) is 13.8. The Bertz CT molecular complexity index is 1310. The van der Waals surface area contributed by atoms with Gasteiger partial charge in [-0.05, 0) is 24.5 Å². The molecule has 1 heterocycles. The van der Waals surface area contributed by atoms with Crippen LogP contribution in [0.25, 0.3) is 10.9 Å². The molecule has 0 fully saturated rings. The number of aromatic nitrogens is 1. The molecule has 41 heavy (non-hydrogen) atoms. The first-order chi connectivity index (χ1) is 19.3. The molecule has 0 aliphatic heterocycles. The molecule has 4 atom stereocenters. The molecule has 0 radical (unpaired) electrons. The maximum Gasteiger partial charge on any atom is 0.326 e. The Balaban J connectivity index is 2.34. The van der Waals surface area contributed by atoms with Crippen LogP contribution in [0.1, 0.15) is 37.7 Å². The molecule has 2 aromatic rings. The summed E-state index contributed by atoms with van der Waals surface area (Å²) in [5, 5.41) is 26.1. The first-order valence-electron chi connectivity index (χ1n) is 12.5. The Kier molecular flexibility index (Phi) is 11.8. The van der Waals surface area contributed by atoms with Gasteiger partial charge >= 0.3 is 11.9 Å². The van der Waals surface area contributed by atoms with Crippen molar-refractivity contribution in [2.24, 2.45) is 17.2 Å². The van der Waals surface area contributed by atoms with Crippen LogP contribution in [-0.4, -0.2) is 80.8 Å². The molecule has 4 unspecified atom stereocenters. The number of aromatic amines is 1. The maximum atomic E-state index is 13.3. The molecule has 0 aliphatic rings. The molecule has 0 saturated carbocycles. The number of benzene rings is 1. The fourth-order valence-corrected chi connectivity index (χ4v) is 3.94. The number of carboxylic acid groups (broad SMARTS) is 2. The number of para-hydroxylation sites is 1. The third-order valence-corrected chi connectivity index (χ3v) is 6.06. The number of carboxylic acids is 2. The lowest BCUT2D eigenvalue weighted by molar-refractivity contribution is -0.143. The van der Waals surface area contributed by atoms with Gasteiger partial charge in [0.15, 0.2) is 0 Å². The summed E-state index contributed by atoms with van der Waals surface area (Å²) in [5.74, 6) is -7.18. The molecule has 0 spiro atoms. The third kappa shape index (κ3) is 10.2. The quantitative estimate of drug-likeness (QED) is 0.0961. The van der Waals surface area contributed by atoms with Gasteiger partial charge in [0.1, 0.15) is 18.1 Å². The van der Waals surface area contributed by atoms with E-state index in [1.807, 2.05) is 0 Å². The van der Waals surface area contributed by atoms with Crippen LogP contribution in [0.15, 0.2) is 30.5 Å². The van der Waals surface area contributed by atoms with Crippen LogP contribution in [0.3, 0.4) is 0 Å². The van der Waals surface area contributed by atoms with Crippen molar-refractivity contribution in [2.45, 2.75) is 62.7 Å². The number of primary amides is 2. The molecule has 1 aromatic heterocycles. The van der Waals surface area contributed by atoms with Gasteiger partial charge in [-0.15, -0.1) is 0 Å². The smallest absolute Gasteiger partial charge is 0.326 e. The number of fused-ring (bicyclic) bond motifs is 1. The largest absolute Gasteiger partial charge is 0.481 e. The molecule has 0 aliphatic carbocycles. The fourth-order valence-electron chi connectivity index (χ4n) is 3.94. The van der Waals surface area contributed by atoms with E-state index in [1.54, 1.807) is 30.5 Å². The van der Waals surface area contributed by atoms with Gasteiger partial charge in [0.2, 0.25) is 29.5 Å². The van der Waals surface area contributed by atoms with Gasteiger partial charge < -0.3 is 48.3 Å². The highest BCUT2D eigenvalue weighted by molar-refractivity contribution is 5.96. The van der Waals surface area contributed by atoms with Gasteiger partial charge in [-0.2, -0.15) is 0 Å². The topological polar surface area (TPSA) is 290 Å². The van der Waals surface area contributed by atoms with Crippen molar-refractivity contribution in [3.8, 4) is 0 Å². The van der Waals surface area contributed by atoms with Gasteiger partial charge in [-0.25, -0.2) is 4.79 Å². The summed E-state index contributed by atoms with van der Waals surface area (Å²) in [6.07, 6.45) is -0.625. The number of carbonyl (C=O) groups excluding carboxylic acids is 5. The number of amides is 5. The van der Waals surface area contributed by atoms with E-state index >= 15 is 0 Å². The second-order valence-electron chi connectivity index (χ2n) is 9.30. The summed E-state index contributed by atoms with van der Waals surface area (Å²) in [4.78, 5) is 87.2. The first kappa shape index (κ1) is 32.2. The molecule has 12 N–H and O–H groups in total. The van der Waals surface area contributed by atoms with E-state index in [1.165, 1.54) is 0 Å². The maximum absolute atomic E-state index is 13.3. The summed E-state index contributed by atoms with van der Waals surface area (Å²) >= 11 is 0. The minimum Gasteiger partial charge on any atom is -0.481 e. The standard InChI is InChI=1S/C25H33N7O9/c26-14(10-20(28)34)22(37)30-16(5-7-19(27)33)23(38)32-18(9-12-11-29-15-4-2-1-3-13(12)15)24(39)31-17(25(40)41)6-8-21(35)36/h1-4,11,14,16-18,29H,5-10,26H2,(H2,27,33)(H2,28,34)(H,30,37)(H,31,39)(H,32,38)(H,35,36)(H,40,41). The molecule has 5 amide bonds. The second kappa shape index (κ2) is 15.0. The number of H-pyrrole nitrogens is 1. The molecule has 1 aromatic carbocycles. The Hall–Kier alpha value is -4.99. The zero-order chi connectivity index (χ0) is 30.7. The van der Waals surface area contributed by atoms with Crippen molar-refractivity contribution in [2.75, 3.05) is 0 Å². The summed E-state index contributed by atoms with van der Waals surface area (Å²) in [5.41, 5.74) is 17.2. The SMILES string of the molecule is NC(=O)CCC(NC(=O)C(N)CC(N)=O)C(=O)NC(Cc1c[nH]c2ccccc12)C(=O)NC(CCC(=O)O)C(=O)O. The van der Waals surface area contributed by atoms with E-state index in [-0.39, 0.29) is 19.3 Å². The van der Waals surface area contributed by atoms with Crippen LogP contribution in [0.2, 0.25) is 0 Å². The zero-order valence-corrected chi connectivity index (χ0v) is 21.9. The average Bonchev–Trinajstić information content (AvgIpc) is 3.30. The monoisotopic (exact) mass is 575 g/mol. The first-order valence-corrected chi connectivity index (χ1v) is 12.5. The Morgan fingerprint density at radius 3 is 1.98 bits per heavy atom. The minimum absolute atomic E-state index is 0.134. The number of aliphatic carboxylic acids is 2. The number of carbonyl (C=O) groups is 7. The predicted octanol–water partition coefficient (Wildman–Crippen LogP) is -2.42. The number of hydrogen-bond acceptors (Lipinski definition) is 8. The molecule has 16 heteroatoms. The van der Waals surface area contributed by atoms with Crippen molar-refractivity contribution in [1.29, 1.82) is 0 Å². The van der Waals surface area contributed by atoms with E-state index in [4.69, 9.17) is 22.3 Å². The van der Waals surface area contributed by atoms with Crippen LogP contribution in [-0.2, 0) is 40.0 Å². The molecule has 222 valence electrons.